The molecule has 0 radical (unpaired) electrons. The van der Waals surface area contributed by atoms with Crippen molar-refractivity contribution in [1.82, 2.24) is 40.4 Å². The molecule has 1 aliphatic heterocycles. The highest BCUT2D eigenvalue weighted by molar-refractivity contribution is 5.87. The minimum absolute atomic E-state index is 0.154. The van der Waals surface area contributed by atoms with Crippen LogP contribution in [0.2, 0.25) is 0 Å². The van der Waals surface area contributed by atoms with Crippen LogP contribution >= 0.6 is 0 Å². The number of fused-ring (bicyclic) bond motifs is 2. The summed E-state index contributed by atoms with van der Waals surface area (Å²) in [6.45, 7) is 16.7. The van der Waals surface area contributed by atoms with Crippen LogP contribution in [0.25, 0.3) is 22.1 Å². The molecule has 4 N–H and O–H groups in total. The summed E-state index contributed by atoms with van der Waals surface area (Å²) < 4.78 is 9.43. The van der Waals surface area contributed by atoms with Crippen LogP contribution in [0.4, 0.5) is 15.3 Å². The summed E-state index contributed by atoms with van der Waals surface area (Å²) in [7, 11) is 2.55. The van der Waals surface area contributed by atoms with Gasteiger partial charge in [0.15, 0.2) is 0 Å². The average molecular weight is 838 g/mol. The van der Waals surface area contributed by atoms with E-state index < -0.39 is 23.6 Å². The number of likely N-dealkylation sites (tertiary alicyclic amines) is 1. The number of hydrogen-bond acceptors (Lipinski definition) is 9. The summed E-state index contributed by atoms with van der Waals surface area (Å²) in [5.74, 6) is 1.84. The Morgan fingerprint density at radius 2 is 1.46 bits per heavy atom. The predicted molar refractivity (Wildman–Crippen MR) is 238 cm³/mol. The third kappa shape index (κ3) is 12.5. The molecule has 2 atom stereocenters. The van der Waals surface area contributed by atoms with Gasteiger partial charge in [-0.3, -0.25) is 9.59 Å². The van der Waals surface area contributed by atoms with Gasteiger partial charge in [0, 0.05) is 31.9 Å². The molecule has 5 aromatic rings. The van der Waals surface area contributed by atoms with Gasteiger partial charge in [-0.05, 0) is 78.1 Å². The molecule has 0 saturated carbocycles. The Balaban J connectivity index is 0.00000168. The molecule has 1 saturated heterocycles. The predicted octanol–water partition coefficient (Wildman–Crippen LogP) is 7.84. The highest BCUT2D eigenvalue weighted by Crippen LogP contribution is 2.34. The number of rotatable bonds is 14. The number of carbonyl (C=O) groups is 4. The number of aromatic nitrogens is 4. The molecule has 1 fully saturated rings. The Morgan fingerprint density at radius 3 is 2.05 bits per heavy atom. The van der Waals surface area contributed by atoms with E-state index in [1.165, 1.54) is 14.2 Å². The van der Waals surface area contributed by atoms with Gasteiger partial charge in [-0.15, -0.1) is 0 Å². The lowest BCUT2D eigenvalue weighted by molar-refractivity contribution is -0.137. The number of nitrogens with zero attached hydrogens (tertiary/aromatic N) is 5. The molecule has 6 rings (SSSR count). The summed E-state index contributed by atoms with van der Waals surface area (Å²) in [6, 6.07) is 21.6. The number of imidazole rings is 2. The van der Waals surface area contributed by atoms with Crippen molar-refractivity contribution in [3.63, 3.8) is 0 Å². The van der Waals surface area contributed by atoms with Crippen molar-refractivity contribution in [2.75, 3.05) is 38.8 Å². The summed E-state index contributed by atoms with van der Waals surface area (Å²) in [6.07, 6.45) is 1.07. The van der Waals surface area contributed by atoms with Crippen molar-refractivity contribution < 1.29 is 28.7 Å². The van der Waals surface area contributed by atoms with E-state index in [1.807, 2.05) is 62.9 Å². The Bertz CT molecular complexity index is 2240. The van der Waals surface area contributed by atoms with Gasteiger partial charge in [-0.25, -0.2) is 19.6 Å². The van der Waals surface area contributed by atoms with Crippen LogP contribution in [0.15, 0.2) is 66.7 Å². The lowest BCUT2D eigenvalue weighted by atomic mass is 9.85. The molecule has 3 heterocycles. The fourth-order valence-corrected chi connectivity index (χ4v) is 7.31. The molecular weight excluding hydrogens is 775 g/mol. The molecule has 0 bridgehead atoms. The lowest BCUT2D eigenvalue weighted by Gasteiger charge is -2.34. The smallest absolute Gasteiger partial charge is 0.407 e. The van der Waals surface area contributed by atoms with Gasteiger partial charge in [-0.1, -0.05) is 78.8 Å². The van der Waals surface area contributed by atoms with Gasteiger partial charge >= 0.3 is 12.2 Å². The maximum absolute atomic E-state index is 13.9. The Hall–Kier alpha value is -6.12. The van der Waals surface area contributed by atoms with Crippen molar-refractivity contribution in [3.8, 4) is 0 Å². The van der Waals surface area contributed by atoms with E-state index in [2.05, 4.69) is 87.4 Å². The monoisotopic (exact) mass is 837 g/mol. The van der Waals surface area contributed by atoms with E-state index in [1.54, 1.807) is 4.90 Å². The summed E-state index contributed by atoms with van der Waals surface area (Å²) in [5, 5.41) is 5.21. The Labute approximate surface area is 359 Å². The number of methoxy groups -OCH3 is 2. The average Bonchev–Trinajstić information content (AvgIpc) is 3.99. The van der Waals surface area contributed by atoms with Gasteiger partial charge < -0.3 is 44.8 Å². The van der Waals surface area contributed by atoms with Gasteiger partial charge in [0.05, 0.1) is 48.9 Å². The standard InChI is InChI=1S/C42H53N9O6.C4H10/c1-7-19-49(36(52)23-43-40(54)56-5)26-35-44-30-17-15-27(21-32(30)45-35)24-50(29-12-9-8-10-13-29)25-28-16-18-31-33(22-28)47-38(46-31)34-14-11-20-51(34)39(53)37(42(2,3)4)48-41(55)57-6;1-4(2)3/h8-10,12-13,15-18,21-22,34,37H,7,11,14,19-20,23-26H2,1-6H3,(H,43,54)(H,44,45)(H,46,47)(H,48,55);4H,1-3H3. The number of nitrogens with one attached hydrogen (secondary N) is 4. The minimum Gasteiger partial charge on any atom is -0.453 e. The summed E-state index contributed by atoms with van der Waals surface area (Å²) >= 11 is 0. The van der Waals surface area contributed by atoms with E-state index in [-0.39, 0.29) is 30.9 Å². The molecule has 15 heteroatoms. The van der Waals surface area contributed by atoms with Crippen LogP contribution in [0.3, 0.4) is 0 Å². The molecule has 328 valence electrons. The number of anilines is 1. The second-order valence-corrected chi connectivity index (χ2v) is 17.2. The normalized spacial score (nSPS) is 14.3. The largest absolute Gasteiger partial charge is 0.453 e. The quantitative estimate of drug-likeness (QED) is 0.0868. The van der Waals surface area contributed by atoms with Crippen LogP contribution in [-0.4, -0.2) is 93.6 Å². The minimum atomic E-state index is -0.753. The van der Waals surface area contributed by atoms with Gasteiger partial charge in [0.25, 0.3) is 0 Å². The zero-order valence-electron chi connectivity index (χ0n) is 37.1. The number of benzene rings is 3. The van der Waals surface area contributed by atoms with Gasteiger partial charge in [0.1, 0.15) is 24.2 Å². The first-order valence-electron chi connectivity index (χ1n) is 21.1. The fourth-order valence-electron chi connectivity index (χ4n) is 7.31. The summed E-state index contributed by atoms with van der Waals surface area (Å²) in [5.41, 5.74) is 6.08. The van der Waals surface area contributed by atoms with Crippen molar-refractivity contribution >= 4 is 51.8 Å². The fraction of sp³-hybridized carbons (Fsp3) is 0.478. The molecule has 0 aliphatic carbocycles. The van der Waals surface area contributed by atoms with E-state index in [0.717, 1.165) is 69.9 Å². The maximum atomic E-state index is 13.9. The van der Waals surface area contributed by atoms with Crippen molar-refractivity contribution in [2.24, 2.45) is 11.3 Å². The Kier molecular flexibility index (Phi) is 15.8. The summed E-state index contributed by atoms with van der Waals surface area (Å²) in [4.78, 5) is 72.9. The highest BCUT2D eigenvalue weighted by Gasteiger charge is 2.41. The maximum Gasteiger partial charge on any atom is 0.407 e. The molecule has 61 heavy (non-hydrogen) atoms. The molecule has 4 amide bonds. The number of alkyl carbamates (subject to hydrolysis) is 2. The number of para-hydroxylation sites is 1. The van der Waals surface area contributed by atoms with Crippen molar-refractivity contribution in [2.45, 2.75) is 99.4 Å². The number of carbonyl (C=O) groups excluding carboxylic acids is 4. The van der Waals surface area contributed by atoms with Crippen LogP contribution in [-0.2, 0) is 38.7 Å². The lowest BCUT2D eigenvalue weighted by Crippen LogP contribution is -2.54. The molecule has 2 unspecified atom stereocenters. The zero-order valence-corrected chi connectivity index (χ0v) is 37.1. The third-order valence-electron chi connectivity index (χ3n) is 10.2. The SMILES string of the molecule is CC(C)C.CCCN(Cc1nc2ccc(CN(Cc3ccc4nc(C5CCCN5C(=O)C(NC(=O)OC)C(C)(C)C)[nH]c4c3)c3ccccc3)cc2[nH]1)C(=O)CNC(=O)OC. The Morgan fingerprint density at radius 1 is 0.852 bits per heavy atom. The number of aromatic amines is 2. The van der Waals surface area contributed by atoms with Crippen LogP contribution in [0.1, 0.15) is 96.5 Å². The zero-order chi connectivity index (χ0) is 44.3. The second-order valence-electron chi connectivity index (χ2n) is 17.2. The molecule has 0 spiro atoms. The van der Waals surface area contributed by atoms with Crippen LogP contribution in [0.5, 0.6) is 0 Å². The number of amides is 4. The van der Waals surface area contributed by atoms with Crippen LogP contribution < -0.4 is 15.5 Å². The third-order valence-corrected chi connectivity index (χ3v) is 10.2. The first-order valence-corrected chi connectivity index (χ1v) is 21.1. The molecule has 2 aromatic heterocycles. The first-order chi connectivity index (χ1) is 29.1. The van der Waals surface area contributed by atoms with Gasteiger partial charge in [-0.2, -0.15) is 0 Å². The molecular formula is C46H63N9O6. The van der Waals surface area contributed by atoms with E-state index >= 15 is 0 Å². The topological polar surface area (TPSA) is 178 Å². The first kappa shape index (κ1) is 46.0. The number of hydrogen-bond donors (Lipinski definition) is 4. The van der Waals surface area contributed by atoms with E-state index in [4.69, 9.17) is 14.7 Å². The molecule has 1 aliphatic rings. The molecule has 3 aromatic carbocycles. The van der Waals surface area contributed by atoms with Crippen molar-refractivity contribution in [1.29, 1.82) is 0 Å². The highest BCUT2D eigenvalue weighted by atomic mass is 16.5. The van der Waals surface area contributed by atoms with E-state index in [0.29, 0.717) is 32.0 Å². The second kappa shape index (κ2) is 20.9. The number of ether oxygens (including phenoxy) is 2. The van der Waals surface area contributed by atoms with Crippen molar-refractivity contribution in [3.05, 3.63) is 89.5 Å². The number of H-pyrrole nitrogens is 2. The van der Waals surface area contributed by atoms with E-state index in [9.17, 15) is 19.2 Å². The molecule has 15 nitrogen and oxygen atoms in total. The van der Waals surface area contributed by atoms with Crippen LogP contribution in [0, 0.1) is 11.3 Å². The van der Waals surface area contributed by atoms with Gasteiger partial charge in [0.2, 0.25) is 11.8 Å².